The Kier molecular flexibility index (Phi) is 9.37. The molecule has 0 saturated heterocycles. The standard InChI is InChI=1S/C19H32O3/c1-4-6-7-8-9-13-16-18(20)19(21-3,22-5-2)17-14-11-10-12-15-17/h10-12,14-15,18,20H,4-9,13,16H2,1-3H3. The highest BCUT2D eigenvalue weighted by Gasteiger charge is 2.40. The molecule has 126 valence electrons. The van der Waals surface area contributed by atoms with Gasteiger partial charge in [0.2, 0.25) is 5.79 Å². The van der Waals surface area contributed by atoms with E-state index in [1.54, 1.807) is 7.11 Å². The molecule has 1 aromatic carbocycles. The van der Waals surface area contributed by atoms with Gasteiger partial charge in [-0.3, -0.25) is 0 Å². The number of hydrogen-bond donors (Lipinski definition) is 1. The Balaban J connectivity index is 2.63. The zero-order valence-electron chi connectivity index (χ0n) is 14.4. The molecule has 0 spiro atoms. The molecule has 1 aromatic rings. The molecule has 3 heteroatoms. The smallest absolute Gasteiger partial charge is 0.221 e. The van der Waals surface area contributed by atoms with Gasteiger partial charge in [0.05, 0.1) is 0 Å². The summed E-state index contributed by atoms with van der Waals surface area (Å²) in [6, 6.07) is 9.74. The van der Waals surface area contributed by atoms with E-state index in [0.717, 1.165) is 18.4 Å². The number of methoxy groups -OCH3 is 1. The van der Waals surface area contributed by atoms with E-state index in [1.165, 1.54) is 25.7 Å². The first-order valence-corrected chi connectivity index (χ1v) is 8.64. The molecule has 2 unspecified atom stereocenters. The quantitative estimate of drug-likeness (QED) is 0.452. The second-order valence-electron chi connectivity index (χ2n) is 5.74. The van der Waals surface area contributed by atoms with Crippen LogP contribution in [-0.2, 0) is 15.3 Å². The fourth-order valence-electron chi connectivity index (χ4n) is 2.88. The molecule has 0 aliphatic heterocycles. The number of benzene rings is 1. The summed E-state index contributed by atoms with van der Waals surface area (Å²) < 4.78 is 11.5. The first kappa shape index (κ1) is 19.1. The fourth-order valence-corrected chi connectivity index (χ4v) is 2.88. The molecule has 0 aliphatic carbocycles. The van der Waals surface area contributed by atoms with Gasteiger partial charge in [0.25, 0.3) is 0 Å². The molecule has 22 heavy (non-hydrogen) atoms. The van der Waals surface area contributed by atoms with Crippen LogP contribution in [0.25, 0.3) is 0 Å². The lowest BCUT2D eigenvalue weighted by Crippen LogP contribution is -2.44. The van der Waals surface area contributed by atoms with Crippen LogP contribution in [-0.4, -0.2) is 24.9 Å². The maximum atomic E-state index is 10.7. The van der Waals surface area contributed by atoms with Gasteiger partial charge in [-0.1, -0.05) is 75.8 Å². The van der Waals surface area contributed by atoms with Gasteiger partial charge in [0.15, 0.2) is 0 Å². The fraction of sp³-hybridized carbons (Fsp3) is 0.684. The minimum Gasteiger partial charge on any atom is -0.387 e. The van der Waals surface area contributed by atoms with Crippen molar-refractivity contribution in [1.82, 2.24) is 0 Å². The van der Waals surface area contributed by atoms with Crippen LogP contribution in [0.1, 0.15) is 64.4 Å². The van der Waals surface area contributed by atoms with Crippen molar-refractivity contribution in [2.45, 2.75) is 70.7 Å². The van der Waals surface area contributed by atoms with Gasteiger partial charge < -0.3 is 14.6 Å². The molecular formula is C19H32O3. The van der Waals surface area contributed by atoms with Crippen molar-refractivity contribution in [2.24, 2.45) is 0 Å². The molecule has 1 rings (SSSR count). The number of aliphatic hydroxyl groups is 1. The predicted octanol–water partition coefficient (Wildman–Crippen LogP) is 4.63. The number of unbranched alkanes of at least 4 members (excludes halogenated alkanes) is 5. The van der Waals surface area contributed by atoms with Gasteiger partial charge in [-0.15, -0.1) is 0 Å². The first-order valence-electron chi connectivity index (χ1n) is 8.64. The summed E-state index contributed by atoms with van der Waals surface area (Å²) in [4.78, 5) is 0. The molecule has 2 atom stereocenters. The predicted molar refractivity (Wildman–Crippen MR) is 90.8 cm³/mol. The van der Waals surface area contributed by atoms with Gasteiger partial charge in [-0.2, -0.15) is 0 Å². The third kappa shape index (κ3) is 5.38. The summed E-state index contributed by atoms with van der Waals surface area (Å²) in [6.45, 7) is 4.64. The SMILES string of the molecule is CCCCCCCCC(O)C(OC)(OCC)c1ccccc1. The normalized spacial score (nSPS) is 15.5. The average Bonchev–Trinajstić information content (AvgIpc) is 2.56. The number of aliphatic hydroxyl groups excluding tert-OH is 1. The lowest BCUT2D eigenvalue weighted by atomic mass is 9.95. The Labute approximate surface area is 135 Å². The summed E-state index contributed by atoms with van der Waals surface area (Å²) in [5.74, 6) is -1.06. The van der Waals surface area contributed by atoms with E-state index in [-0.39, 0.29) is 0 Å². The van der Waals surface area contributed by atoms with Crippen molar-refractivity contribution in [3.63, 3.8) is 0 Å². The molecule has 0 saturated carbocycles. The Hall–Kier alpha value is -0.900. The Bertz CT molecular complexity index is 380. The Morgan fingerprint density at radius 2 is 1.64 bits per heavy atom. The van der Waals surface area contributed by atoms with Gasteiger partial charge in [0.1, 0.15) is 6.10 Å². The van der Waals surface area contributed by atoms with Gasteiger partial charge in [0, 0.05) is 19.3 Å². The minimum absolute atomic E-state index is 0.496. The molecule has 0 aromatic heterocycles. The summed E-state index contributed by atoms with van der Waals surface area (Å²) in [5, 5.41) is 10.7. The largest absolute Gasteiger partial charge is 0.387 e. The lowest BCUT2D eigenvalue weighted by molar-refractivity contribution is -0.281. The highest BCUT2D eigenvalue weighted by molar-refractivity contribution is 5.21. The van der Waals surface area contributed by atoms with Crippen LogP contribution in [0.4, 0.5) is 0 Å². The molecule has 0 amide bonds. The molecule has 0 bridgehead atoms. The third-order valence-electron chi connectivity index (χ3n) is 4.11. The highest BCUT2D eigenvalue weighted by Crippen LogP contribution is 2.33. The van der Waals surface area contributed by atoms with Gasteiger partial charge in [-0.05, 0) is 13.3 Å². The Morgan fingerprint density at radius 1 is 1.00 bits per heavy atom. The Morgan fingerprint density at radius 3 is 2.23 bits per heavy atom. The molecule has 0 heterocycles. The highest BCUT2D eigenvalue weighted by atomic mass is 16.7. The van der Waals surface area contributed by atoms with Crippen LogP contribution in [0.15, 0.2) is 30.3 Å². The van der Waals surface area contributed by atoms with E-state index in [2.05, 4.69) is 6.92 Å². The molecule has 3 nitrogen and oxygen atoms in total. The summed E-state index contributed by atoms with van der Waals surface area (Å²) in [5.41, 5.74) is 0.873. The topological polar surface area (TPSA) is 38.7 Å². The molecule has 0 aliphatic rings. The summed E-state index contributed by atoms with van der Waals surface area (Å²) >= 11 is 0. The van der Waals surface area contributed by atoms with Crippen LogP contribution >= 0.6 is 0 Å². The zero-order chi connectivity index (χ0) is 16.3. The summed E-state index contributed by atoms with van der Waals surface area (Å²) in [7, 11) is 1.60. The van der Waals surface area contributed by atoms with Crippen LogP contribution in [0, 0.1) is 0 Å². The summed E-state index contributed by atoms with van der Waals surface area (Å²) in [6.07, 6.45) is 7.25. The number of hydrogen-bond acceptors (Lipinski definition) is 3. The molecular weight excluding hydrogens is 276 g/mol. The van der Waals surface area contributed by atoms with Crippen LogP contribution in [0.2, 0.25) is 0 Å². The van der Waals surface area contributed by atoms with Gasteiger partial charge >= 0.3 is 0 Å². The monoisotopic (exact) mass is 308 g/mol. The third-order valence-corrected chi connectivity index (χ3v) is 4.11. The number of rotatable bonds is 12. The van der Waals surface area contributed by atoms with Crippen molar-refractivity contribution in [2.75, 3.05) is 13.7 Å². The van der Waals surface area contributed by atoms with E-state index in [1.807, 2.05) is 37.3 Å². The zero-order valence-corrected chi connectivity index (χ0v) is 14.4. The minimum atomic E-state index is -1.06. The van der Waals surface area contributed by atoms with Crippen molar-refractivity contribution in [3.8, 4) is 0 Å². The lowest BCUT2D eigenvalue weighted by Gasteiger charge is -2.36. The van der Waals surface area contributed by atoms with Crippen molar-refractivity contribution in [3.05, 3.63) is 35.9 Å². The average molecular weight is 308 g/mol. The molecule has 0 fully saturated rings. The van der Waals surface area contributed by atoms with Crippen molar-refractivity contribution in [1.29, 1.82) is 0 Å². The maximum Gasteiger partial charge on any atom is 0.221 e. The van der Waals surface area contributed by atoms with Gasteiger partial charge in [-0.25, -0.2) is 0 Å². The van der Waals surface area contributed by atoms with E-state index in [0.29, 0.717) is 13.0 Å². The van der Waals surface area contributed by atoms with Crippen LogP contribution < -0.4 is 0 Å². The van der Waals surface area contributed by atoms with E-state index >= 15 is 0 Å². The van der Waals surface area contributed by atoms with Crippen molar-refractivity contribution < 1.29 is 14.6 Å². The van der Waals surface area contributed by atoms with Crippen LogP contribution in [0.5, 0.6) is 0 Å². The maximum absolute atomic E-state index is 10.7. The number of ether oxygens (including phenoxy) is 2. The molecule has 0 radical (unpaired) electrons. The van der Waals surface area contributed by atoms with E-state index in [4.69, 9.17) is 9.47 Å². The van der Waals surface area contributed by atoms with E-state index < -0.39 is 11.9 Å². The first-order chi connectivity index (χ1) is 10.7. The van der Waals surface area contributed by atoms with Crippen LogP contribution in [0.3, 0.4) is 0 Å². The second kappa shape index (κ2) is 10.8. The second-order valence-corrected chi connectivity index (χ2v) is 5.74. The van der Waals surface area contributed by atoms with E-state index in [9.17, 15) is 5.11 Å². The molecule has 1 N–H and O–H groups in total. The van der Waals surface area contributed by atoms with Crippen molar-refractivity contribution >= 4 is 0 Å².